The van der Waals surface area contributed by atoms with Crippen molar-refractivity contribution in [2.24, 2.45) is 0 Å². The molecule has 0 radical (unpaired) electrons. The number of aryl methyl sites for hydroxylation is 1. The van der Waals surface area contributed by atoms with E-state index in [0.29, 0.717) is 18.0 Å². The molecule has 0 spiro atoms. The predicted octanol–water partition coefficient (Wildman–Crippen LogP) is 4.44. The summed E-state index contributed by atoms with van der Waals surface area (Å²) in [6.45, 7) is 5.43. The maximum Gasteiger partial charge on any atom is 0.264 e. The fraction of sp³-hybridized carbons (Fsp3) is 0.286. The van der Waals surface area contributed by atoms with E-state index in [0.717, 1.165) is 15.4 Å². The van der Waals surface area contributed by atoms with E-state index in [1.54, 1.807) is 44.2 Å². The molecule has 3 rings (SSSR count). The lowest BCUT2D eigenvalue weighted by Crippen LogP contribution is -2.52. The Morgan fingerprint density at radius 1 is 0.973 bits per heavy atom. The van der Waals surface area contributed by atoms with Gasteiger partial charge in [-0.25, -0.2) is 8.42 Å². The van der Waals surface area contributed by atoms with Gasteiger partial charge in [-0.2, -0.15) is 0 Å². The summed E-state index contributed by atoms with van der Waals surface area (Å²) < 4.78 is 28.5. The summed E-state index contributed by atoms with van der Waals surface area (Å²) in [6.07, 6.45) is 0.512. The molecule has 0 fully saturated rings. The molecule has 0 aliphatic rings. The fourth-order valence-electron chi connectivity index (χ4n) is 3.88. The molecule has 0 bridgehead atoms. The quantitative estimate of drug-likeness (QED) is 0.389. The molecule has 37 heavy (non-hydrogen) atoms. The van der Waals surface area contributed by atoms with Crippen LogP contribution in [-0.2, 0) is 26.0 Å². The molecule has 3 aromatic carbocycles. The number of nitrogens with zero attached hydrogens (tertiary/aromatic N) is 2. The Hall–Kier alpha value is -3.36. The summed E-state index contributed by atoms with van der Waals surface area (Å²) in [7, 11) is -4.11. The van der Waals surface area contributed by atoms with Crippen molar-refractivity contribution < 1.29 is 18.0 Å². The monoisotopic (exact) mass is 541 g/mol. The van der Waals surface area contributed by atoms with Crippen LogP contribution in [0, 0.1) is 6.92 Å². The van der Waals surface area contributed by atoms with Crippen LogP contribution in [-0.4, -0.2) is 50.8 Å². The van der Waals surface area contributed by atoms with E-state index < -0.39 is 28.5 Å². The Morgan fingerprint density at radius 2 is 1.59 bits per heavy atom. The third-order valence-electron chi connectivity index (χ3n) is 6.06. The van der Waals surface area contributed by atoms with Gasteiger partial charge in [0.25, 0.3) is 10.0 Å². The average molecular weight is 542 g/mol. The molecule has 0 aromatic heterocycles. The van der Waals surface area contributed by atoms with Gasteiger partial charge in [-0.15, -0.1) is 0 Å². The van der Waals surface area contributed by atoms with E-state index in [9.17, 15) is 18.0 Å². The molecule has 0 aliphatic carbocycles. The number of nitrogens with one attached hydrogen (secondary N) is 1. The number of hydrogen-bond donors (Lipinski definition) is 1. The summed E-state index contributed by atoms with van der Waals surface area (Å²) in [4.78, 5) is 27.9. The van der Waals surface area contributed by atoms with Crippen LogP contribution in [0.4, 0.5) is 5.69 Å². The van der Waals surface area contributed by atoms with Gasteiger partial charge in [0.15, 0.2) is 0 Å². The highest BCUT2D eigenvalue weighted by Crippen LogP contribution is 2.28. The largest absolute Gasteiger partial charge is 0.355 e. The zero-order valence-corrected chi connectivity index (χ0v) is 22.8. The normalized spacial score (nSPS) is 12.0. The number of carbonyl (C=O) groups excluding carboxylic acids is 2. The molecule has 3 aromatic rings. The first-order chi connectivity index (χ1) is 17.6. The van der Waals surface area contributed by atoms with Crippen LogP contribution in [0.3, 0.4) is 0 Å². The van der Waals surface area contributed by atoms with Crippen LogP contribution in [0.15, 0.2) is 83.8 Å². The van der Waals surface area contributed by atoms with Crippen LogP contribution in [0.1, 0.15) is 25.0 Å². The number of hydrogen-bond acceptors (Lipinski definition) is 4. The molecule has 1 N–H and O–H groups in total. The van der Waals surface area contributed by atoms with Crippen molar-refractivity contribution in [3.05, 3.63) is 95.0 Å². The Bertz CT molecular complexity index is 1320. The van der Waals surface area contributed by atoms with Crippen LogP contribution in [0.25, 0.3) is 0 Å². The zero-order chi connectivity index (χ0) is 27.0. The number of carbonyl (C=O) groups is 2. The van der Waals surface area contributed by atoms with Gasteiger partial charge in [0.2, 0.25) is 11.8 Å². The minimum atomic E-state index is -4.11. The number of amides is 2. The van der Waals surface area contributed by atoms with Gasteiger partial charge in [-0.1, -0.05) is 66.2 Å². The average Bonchev–Trinajstić information content (AvgIpc) is 2.90. The first-order valence-corrected chi connectivity index (χ1v) is 13.9. The zero-order valence-electron chi connectivity index (χ0n) is 21.2. The van der Waals surface area contributed by atoms with E-state index in [1.165, 1.54) is 23.1 Å². The van der Waals surface area contributed by atoms with Gasteiger partial charge < -0.3 is 10.2 Å². The molecule has 9 heteroatoms. The molecular formula is C28H32ClN3O4S. The number of benzene rings is 3. The Balaban J connectivity index is 1.98. The van der Waals surface area contributed by atoms with Crippen molar-refractivity contribution in [1.82, 2.24) is 10.2 Å². The van der Waals surface area contributed by atoms with Gasteiger partial charge >= 0.3 is 0 Å². The summed E-state index contributed by atoms with van der Waals surface area (Å²) in [5, 5.41) is 3.14. The molecule has 1 atom stereocenters. The van der Waals surface area contributed by atoms with E-state index in [4.69, 9.17) is 11.6 Å². The van der Waals surface area contributed by atoms with Crippen molar-refractivity contribution >= 4 is 39.1 Å². The number of halogens is 1. The van der Waals surface area contributed by atoms with E-state index >= 15 is 0 Å². The van der Waals surface area contributed by atoms with Crippen LogP contribution in [0.2, 0.25) is 5.02 Å². The molecule has 2 amide bonds. The van der Waals surface area contributed by atoms with Crippen molar-refractivity contribution in [3.63, 3.8) is 0 Å². The summed E-state index contributed by atoms with van der Waals surface area (Å²) in [5.41, 5.74) is 2.05. The lowest BCUT2D eigenvalue weighted by Gasteiger charge is -2.32. The minimum absolute atomic E-state index is 0.0482. The smallest absolute Gasteiger partial charge is 0.264 e. The number of rotatable bonds is 11. The fourth-order valence-corrected chi connectivity index (χ4v) is 5.48. The molecule has 0 aliphatic heterocycles. The maximum absolute atomic E-state index is 13.7. The number of likely N-dealkylation sites (N-methyl/N-ethyl adjacent to an activating group) is 1. The Labute approximate surface area is 224 Å². The van der Waals surface area contributed by atoms with Crippen LogP contribution < -0.4 is 9.62 Å². The second kappa shape index (κ2) is 12.7. The minimum Gasteiger partial charge on any atom is -0.355 e. The van der Waals surface area contributed by atoms with Gasteiger partial charge in [0.1, 0.15) is 12.6 Å². The van der Waals surface area contributed by atoms with E-state index in [1.807, 2.05) is 37.3 Å². The van der Waals surface area contributed by atoms with E-state index in [-0.39, 0.29) is 23.0 Å². The van der Waals surface area contributed by atoms with Gasteiger partial charge in [-0.3, -0.25) is 13.9 Å². The highest BCUT2D eigenvalue weighted by Gasteiger charge is 2.32. The van der Waals surface area contributed by atoms with Gasteiger partial charge in [0, 0.05) is 18.1 Å². The SMILES string of the molecule is CCNC(=O)C(C)N(CCc1ccccc1)C(=O)CN(c1ccc(C)c(Cl)c1)S(=O)(=O)c1ccccc1. The Kier molecular flexibility index (Phi) is 9.72. The van der Waals surface area contributed by atoms with Crippen molar-refractivity contribution in [3.8, 4) is 0 Å². The molecule has 0 saturated heterocycles. The lowest BCUT2D eigenvalue weighted by molar-refractivity contribution is -0.138. The summed E-state index contributed by atoms with van der Waals surface area (Å²) >= 11 is 6.33. The second-order valence-electron chi connectivity index (χ2n) is 8.65. The second-order valence-corrected chi connectivity index (χ2v) is 10.9. The maximum atomic E-state index is 13.7. The number of sulfonamides is 1. The topological polar surface area (TPSA) is 86.8 Å². The van der Waals surface area contributed by atoms with Gasteiger partial charge in [0.05, 0.1) is 10.6 Å². The highest BCUT2D eigenvalue weighted by molar-refractivity contribution is 7.92. The van der Waals surface area contributed by atoms with Crippen LogP contribution in [0.5, 0.6) is 0 Å². The third kappa shape index (κ3) is 7.11. The molecule has 0 heterocycles. The van der Waals surface area contributed by atoms with E-state index in [2.05, 4.69) is 5.32 Å². The van der Waals surface area contributed by atoms with Crippen LogP contribution >= 0.6 is 11.6 Å². The Morgan fingerprint density at radius 3 is 2.19 bits per heavy atom. The first kappa shape index (κ1) is 28.2. The van der Waals surface area contributed by atoms with Crippen molar-refractivity contribution in [1.29, 1.82) is 0 Å². The molecule has 7 nitrogen and oxygen atoms in total. The highest BCUT2D eigenvalue weighted by atomic mass is 35.5. The molecule has 196 valence electrons. The standard InChI is InChI=1S/C28H32ClN3O4S/c1-4-30-28(34)22(3)31(18-17-23-11-7-5-8-12-23)27(33)20-32(24-16-15-21(2)26(29)19-24)37(35,36)25-13-9-6-10-14-25/h5-16,19,22H,4,17-18,20H2,1-3H3,(H,30,34). The van der Waals surface area contributed by atoms with Crippen molar-refractivity contribution in [2.75, 3.05) is 23.9 Å². The van der Waals surface area contributed by atoms with Gasteiger partial charge in [-0.05, 0) is 62.6 Å². The summed E-state index contributed by atoms with van der Waals surface area (Å²) in [6, 6.07) is 21.6. The number of anilines is 1. The van der Waals surface area contributed by atoms with Crippen molar-refractivity contribution in [2.45, 2.75) is 38.1 Å². The summed E-state index contributed by atoms with van der Waals surface area (Å²) in [5.74, 6) is -0.800. The first-order valence-electron chi connectivity index (χ1n) is 12.1. The predicted molar refractivity (Wildman–Crippen MR) is 147 cm³/mol. The lowest BCUT2D eigenvalue weighted by atomic mass is 10.1. The molecule has 0 saturated carbocycles. The third-order valence-corrected chi connectivity index (χ3v) is 8.25. The molecule has 1 unspecified atom stereocenters. The molecular weight excluding hydrogens is 510 g/mol.